The molecule has 0 aliphatic heterocycles. The van der Waals surface area contributed by atoms with Crippen molar-refractivity contribution in [1.29, 1.82) is 0 Å². The van der Waals surface area contributed by atoms with Gasteiger partial charge in [0.1, 0.15) is 11.7 Å². The number of thiophene rings is 1. The second-order valence-electron chi connectivity index (χ2n) is 11.3. The average molecular weight is 586 g/mol. The van der Waals surface area contributed by atoms with Crippen molar-refractivity contribution in [2.24, 2.45) is 0 Å². The zero-order valence-electron chi connectivity index (χ0n) is 24.0. The van der Waals surface area contributed by atoms with E-state index in [1.54, 1.807) is 33.8 Å². The van der Waals surface area contributed by atoms with E-state index in [1.807, 2.05) is 0 Å². The minimum absolute atomic E-state index is 0.0692. The van der Waals surface area contributed by atoms with Gasteiger partial charge < -0.3 is 29.0 Å². The zero-order chi connectivity index (χ0) is 29.4. The Morgan fingerprint density at radius 2 is 1.82 bits per heavy atom. The highest BCUT2D eigenvalue weighted by atomic mass is 32.1. The van der Waals surface area contributed by atoms with Gasteiger partial charge in [-0.05, 0) is 39.8 Å². The van der Waals surface area contributed by atoms with E-state index in [1.165, 1.54) is 13.2 Å². The predicted molar refractivity (Wildman–Crippen MR) is 151 cm³/mol. The molecular weight excluding hydrogens is 545 g/mol. The molecule has 12 heteroatoms. The number of esters is 1. The summed E-state index contributed by atoms with van der Waals surface area (Å²) in [6.45, 7) is 14.0. The topological polar surface area (TPSA) is 109 Å². The average Bonchev–Trinajstić information content (AvgIpc) is 3.25. The molecule has 0 aliphatic carbocycles. The van der Waals surface area contributed by atoms with Crippen molar-refractivity contribution in [2.75, 3.05) is 27.1 Å². The fourth-order valence-electron chi connectivity index (χ4n) is 3.27. The van der Waals surface area contributed by atoms with Crippen LogP contribution >= 0.6 is 11.3 Å². The highest BCUT2D eigenvalue weighted by Crippen LogP contribution is 2.40. The van der Waals surface area contributed by atoms with Crippen LogP contribution in [0, 0.1) is 5.82 Å². The van der Waals surface area contributed by atoms with Crippen LogP contribution in [-0.4, -0.2) is 64.7 Å². The van der Waals surface area contributed by atoms with Crippen LogP contribution in [0.1, 0.15) is 50.2 Å². The molecule has 1 amide bonds. The van der Waals surface area contributed by atoms with Crippen LogP contribution in [0.2, 0.25) is 25.7 Å². The highest BCUT2D eigenvalue weighted by molar-refractivity contribution is 7.20. The van der Waals surface area contributed by atoms with E-state index in [9.17, 15) is 14.4 Å². The highest BCUT2D eigenvalue weighted by Gasteiger charge is 2.22. The van der Waals surface area contributed by atoms with Gasteiger partial charge in [-0.1, -0.05) is 19.6 Å². The van der Waals surface area contributed by atoms with Crippen molar-refractivity contribution in [3.8, 4) is 11.5 Å². The second-order valence-corrected chi connectivity index (χ2v) is 18.0. The number of methoxy groups -OCH3 is 1. The number of rotatable bonds is 14. The maximum Gasteiger partial charge on any atom is 0.407 e. The summed E-state index contributed by atoms with van der Waals surface area (Å²) in [7, 11) is 0.156. The third kappa shape index (κ3) is 11.1. The summed E-state index contributed by atoms with van der Waals surface area (Å²) in [5.74, 6) is -1.41. The molecule has 0 spiro atoms. The molecular formula is C27H40FNO8SSi. The molecule has 1 aromatic heterocycles. The van der Waals surface area contributed by atoms with Crippen LogP contribution in [0.4, 0.5) is 9.18 Å². The summed E-state index contributed by atoms with van der Waals surface area (Å²) >= 11 is 1.11. The van der Waals surface area contributed by atoms with E-state index in [2.05, 4.69) is 25.0 Å². The Kier molecular flexibility index (Phi) is 11.7. The Morgan fingerprint density at radius 1 is 1.13 bits per heavy atom. The minimum atomic E-state index is -1.26. The number of nitrogens with one attached hydrogen (secondary N) is 1. The Morgan fingerprint density at radius 3 is 2.44 bits per heavy atom. The fraction of sp³-hybridized carbons (Fsp3) is 0.593. The van der Waals surface area contributed by atoms with Crippen LogP contribution in [0.3, 0.4) is 0 Å². The fourth-order valence-corrected chi connectivity index (χ4v) is 5.08. The van der Waals surface area contributed by atoms with Gasteiger partial charge in [-0.15, -0.1) is 11.3 Å². The maximum atomic E-state index is 15.3. The number of Topliss-reactive ketones (excluding diaryl/α,β-unsaturated/α-hetero) is 1. The number of ether oxygens (including phenoxy) is 5. The normalized spacial score (nSPS) is 12.6. The summed E-state index contributed by atoms with van der Waals surface area (Å²) in [5.41, 5.74) is -0.638. The van der Waals surface area contributed by atoms with Gasteiger partial charge in [-0.3, -0.25) is 9.59 Å². The molecule has 9 nitrogen and oxygen atoms in total. The molecule has 0 fully saturated rings. The molecule has 2 aromatic rings. The van der Waals surface area contributed by atoms with Crippen molar-refractivity contribution >= 4 is 47.3 Å². The van der Waals surface area contributed by atoms with Gasteiger partial charge in [0.25, 0.3) is 0 Å². The molecule has 1 heterocycles. The van der Waals surface area contributed by atoms with Crippen LogP contribution < -0.4 is 14.8 Å². The largest absolute Gasteiger partial charge is 0.493 e. The van der Waals surface area contributed by atoms with Crippen molar-refractivity contribution in [3.63, 3.8) is 0 Å². The smallest absolute Gasteiger partial charge is 0.407 e. The number of hydrogen-bond acceptors (Lipinski definition) is 9. The maximum absolute atomic E-state index is 15.3. The first kappa shape index (κ1) is 32.5. The molecule has 0 unspecified atom stereocenters. The summed E-state index contributed by atoms with van der Waals surface area (Å²) in [5, 5.41) is 2.76. The lowest BCUT2D eigenvalue weighted by atomic mass is 10.1. The Labute approximate surface area is 234 Å². The molecule has 1 atom stereocenters. The van der Waals surface area contributed by atoms with E-state index in [0.29, 0.717) is 16.2 Å². The number of hydrogen-bond donors (Lipinski definition) is 1. The number of ketones is 1. The van der Waals surface area contributed by atoms with E-state index in [4.69, 9.17) is 23.7 Å². The number of amides is 1. The number of halogens is 1. The first-order valence-corrected chi connectivity index (χ1v) is 17.3. The lowest BCUT2D eigenvalue weighted by Crippen LogP contribution is -2.37. The molecule has 0 bridgehead atoms. The molecule has 0 aliphatic rings. The molecule has 39 heavy (non-hydrogen) atoms. The van der Waals surface area contributed by atoms with Gasteiger partial charge in [0.05, 0.1) is 25.0 Å². The first-order chi connectivity index (χ1) is 18.1. The van der Waals surface area contributed by atoms with Gasteiger partial charge >= 0.3 is 12.1 Å². The van der Waals surface area contributed by atoms with Crippen LogP contribution in [0.15, 0.2) is 12.1 Å². The summed E-state index contributed by atoms with van der Waals surface area (Å²) in [6.07, 6.45) is -1.48. The van der Waals surface area contributed by atoms with Crippen LogP contribution in [0.5, 0.6) is 11.5 Å². The Bertz CT molecular complexity index is 1160. The molecule has 1 aromatic carbocycles. The van der Waals surface area contributed by atoms with Crippen LogP contribution in [-0.2, 0) is 19.0 Å². The summed E-state index contributed by atoms with van der Waals surface area (Å²) in [6, 6.07) is 4.03. The van der Waals surface area contributed by atoms with Gasteiger partial charge in [0.15, 0.2) is 24.1 Å². The molecule has 1 N–H and O–H groups in total. The van der Waals surface area contributed by atoms with Crippen molar-refractivity contribution in [3.05, 3.63) is 22.8 Å². The molecule has 0 radical (unpaired) electrons. The summed E-state index contributed by atoms with van der Waals surface area (Å²) in [4.78, 5) is 37.0. The molecule has 2 rings (SSSR count). The lowest BCUT2D eigenvalue weighted by molar-refractivity contribution is -0.148. The SMILES string of the molecule is COc1cc2sc(C(=O)CCC(=O)O[C@@H](C)CNC(=O)OC(C)(C)C)cc2c(F)c1OCOCC[Si](C)(C)C. The Hall–Kier alpha value is -2.70. The van der Waals surface area contributed by atoms with E-state index < -0.39 is 37.7 Å². The quantitative estimate of drug-likeness (QED) is 0.0923. The molecule has 0 saturated heterocycles. The zero-order valence-corrected chi connectivity index (χ0v) is 25.8. The van der Waals surface area contributed by atoms with Crippen molar-refractivity contribution in [1.82, 2.24) is 5.32 Å². The number of fused-ring (bicyclic) bond motifs is 1. The van der Waals surface area contributed by atoms with Gasteiger partial charge in [0, 0.05) is 37.3 Å². The van der Waals surface area contributed by atoms with Crippen molar-refractivity contribution < 1.29 is 42.5 Å². The standard InChI is InChI=1S/C27H40FNO8SSi/c1-17(15-29-26(32)37-27(2,3)4)36-23(31)10-9-19(30)22-13-18-21(38-22)14-20(33-5)25(24(18)28)35-16-34-11-12-39(6,7)8/h13-14,17H,9-12,15-16H2,1-8H3,(H,29,32)/t17-/m0/s1. The summed E-state index contributed by atoms with van der Waals surface area (Å²) < 4.78 is 42.6. The van der Waals surface area contributed by atoms with Gasteiger partial charge in [0.2, 0.25) is 5.75 Å². The lowest BCUT2D eigenvalue weighted by Gasteiger charge is -2.20. The first-order valence-electron chi connectivity index (χ1n) is 12.8. The minimum Gasteiger partial charge on any atom is -0.493 e. The second kappa shape index (κ2) is 14.1. The molecule has 218 valence electrons. The number of alkyl carbamates (subject to hydrolysis) is 1. The number of carbonyl (C=O) groups is 3. The van der Waals surface area contributed by atoms with Gasteiger partial charge in [-0.25, -0.2) is 9.18 Å². The van der Waals surface area contributed by atoms with Crippen molar-refractivity contribution in [2.45, 2.75) is 77.9 Å². The third-order valence-electron chi connectivity index (χ3n) is 5.28. The van der Waals surface area contributed by atoms with E-state index in [-0.39, 0.29) is 48.8 Å². The monoisotopic (exact) mass is 585 g/mol. The number of benzene rings is 1. The Balaban J connectivity index is 1.93. The van der Waals surface area contributed by atoms with E-state index in [0.717, 1.165) is 17.4 Å². The van der Waals surface area contributed by atoms with Crippen LogP contribution in [0.25, 0.3) is 10.1 Å². The van der Waals surface area contributed by atoms with E-state index >= 15 is 4.39 Å². The third-order valence-corrected chi connectivity index (χ3v) is 8.11. The predicted octanol–water partition coefficient (Wildman–Crippen LogP) is 6.16. The molecule has 0 saturated carbocycles. The van der Waals surface area contributed by atoms with Gasteiger partial charge in [-0.2, -0.15) is 0 Å². The number of carbonyl (C=O) groups excluding carboxylic acids is 3.